The van der Waals surface area contributed by atoms with Crippen molar-refractivity contribution >= 4 is 48.9 Å². The van der Waals surface area contributed by atoms with E-state index >= 15 is 0 Å². The van der Waals surface area contributed by atoms with Gasteiger partial charge in [0.2, 0.25) is 10.0 Å². The molecule has 0 radical (unpaired) electrons. The first-order chi connectivity index (χ1) is 9.45. The number of pyridine rings is 1. The van der Waals surface area contributed by atoms with Gasteiger partial charge in [-0.1, -0.05) is 18.5 Å². The van der Waals surface area contributed by atoms with Crippen molar-refractivity contribution in [3.8, 4) is 0 Å². The first-order valence-electron chi connectivity index (χ1n) is 5.79. The Morgan fingerprint density at radius 1 is 1.40 bits per heavy atom. The van der Waals surface area contributed by atoms with Gasteiger partial charge in [0, 0.05) is 30.4 Å². The molecule has 4 nitrogen and oxygen atoms in total. The average molecular weight is 396 g/mol. The summed E-state index contributed by atoms with van der Waals surface area (Å²) in [5, 5.41) is 0.186. The van der Waals surface area contributed by atoms with Crippen LogP contribution >= 0.6 is 38.9 Å². The number of aromatic nitrogens is 1. The molecule has 8 heteroatoms. The Balaban J connectivity index is 2.33. The third-order valence-electron chi connectivity index (χ3n) is 2.67. The fourth-order valence-corrected chi connectivity index (χ4v) is 5.08. The maximum absolute atomic E-state index is 12.6. The van der Waals surface area contributed by atoms with Crippen LogP contribution in [0.3, 0.4) is 0 Å². The largest absolute Gasteiger partial charge is 0.263 e. The number of halogens is 2. The van der Waals surface area contributed by atoms with Crippen LogP contribution in [0.1, 0.15) is 11.8 Å². The summed E-state index contributed by atoms with van der Waals surface area (Å²) in [5.41, 5.74) is 0. The number of thiophene rings is 1. The monoisotopic (exact) mass is 394 g/mol. The van der Waals surface area contributed by atoms with E-state index in [1.807, 2.05) is 12.1 Å². The van der Waals surface area contributed by atoms with Crippen molar-refractivity contribution in [2.24, 2.45) is 0 Å². The van der Waals surface area contributed by atoms with Crippen LogP contribution in [-0.4, -0.2) is 24.3 Å². The highest BCUT2D eigenvalue weighted by Gasteiger charge is 2.26. The van der Waals surface area contributed by atoms with Gasteiger partial charge in [-0.05, 0) is 34.1 Å². The van der Waals surface area contributed by atoms with Crippen molar-refractivity contribution in [2.75, 3.05) is 6.54 Å². The lowest BCUT2D eigenvalue weighted by molar-refractivity contribution is 0.426. The summed E-state index contributed by atoms with van der Waals surface area (Å²) >= 11 is 10.8. The van der Waals surface area contributed by atoms with E-state index < -0.39 is 10.0 Å². The Hall–Kier alpha value is -0.470. The van der Waals surface area contributed by atoms with E-state index in [2.05, 4.69) is 20.9 Å². The van der Waals surface area contributed by atoms with Crippen molar-refractivity contribution in [1.29, 1.82) is 0 Å². The third kappa shape index (κ3) is 3.40. The van der Waals surface area contributed by atoms with Gasteiger partial charge in [-0.3, -0.25) is 4.98 Å². The second-order valence-corrected chi connectivity index (χ2v) is 8.80. The molecule has 2 rings (SSSR count). The lowest BCUT2D eigenvalue weighted by Crippen LogP contribution is -2.30. The zero-order valence-corrected chi connectivity index (χ0v) is 14.6. The SMILES string of the molecule is CCN(Cc1ccc(Br)s1)S(=O)(=O)c1cnccc1Cl. The first kappa shape index (κ1) is 15.9. The molecule has 20 heavy (non-hydrogen) atoms. The van der Waals surface area contributed by atoms with Crippen LogP contribution in [0, 0.1) is 0 Å². The molecule has 2 aromatic rings. The van der Waals surface area contributed by atoms with E-state index in [4.69, 9.17) is 11.6 Å². The molecule has 0 saturated heterocycles. The molecule has 0 saturated carbocycles. The lowest BCUT2D eigenvalue weighted by Gasteiger charge is -2.20. The van der Waals surface area contributed by atoms with E-state index in [1.165, 1.54) is 34.1 Å². The highest BCUT2D eigenvalue weighted by Crippen LogP contribution is 2.27. The van der Waals surface area contributed by atoms with Gasteiger partial charge in [0.05, 0.1) is 8.81 Å². The molecule has 0 fully saturated rings. The van der Waals surface area contributed by atoms with Crippen LogP contribution in [-0.2, 0) is 16.6 Å². The summed E-state index contributed by atoms with van der Waals surface area (Å²) in [7, 11) is -3.64. The molecule has 0 amide bonds. The fourth-order valence-electron chi connectivity index (χ4n) is 1.67. The maximum atomic E-state index is 12.6. The topological polar surface area (TPSA) is 50.3 Å². The smallest absolute Gasteiger partial charge is 0.246 e. The molecule has 0 aliphatic carbocycles. The Bertz CT molecular complexity index is 703. The Morgan fingerprint density at radius 2 is 2.15 bits per heavy atom. The van der Waals surface area contributed by atoms with Crippen LogP contribution in [0.15, 0.2) is 39.3 Å². The number of rotatable bonds is 5. The quantitative estimate of drug-likeness (QED) is 0.774. The molecule has 108 valence electrons. The zero-order chi connectivity index (χ0) is 14.8. The van der Waals surface area contributed by atoms with E-state index in [0.29, 0.717) is 13.1 Å². The Morgan fingerprint density at radius 3 is 2.70 bits per heavy atom. The maximum Gasteiger partial charge on any atom is 0.246 e. The second-order valence-electron chi connectivity index (χ2n) is 3.94. The molecule has 0 N–H and O–H groups in total. The van der Waals surface area contributed by atoms with Crippen molar-refractivity contribution < 1.29 is 8.42 Å². The molecule has 0 unspecified atom stereocenters. The minimum absolute atomic E-state index is 0.0409. The molecular weight excluding hydrogens is 384 g/mol. The number of hydrogen-bond donors (Lipinski definition) is 0. The van der Waals surface area contributed by atoms with Gasteiger partial charge < -0.3 is 0 Å². The van der Waals surface area contributed by atoms with Crippen molar-refractivity contribution in [2.45, 2.75) is 18.4 Å². The van der Waals surface area contributed by atoms with E-state index in [9.17, 15) is 8.42 Å². The number of sulfonamides is 1. The van der Waals surface area contributed by atoms with Gasteiger partial charge >= 0.3 is 0 Å². The van der Waals surface area contributed by atoms with Gasteiger partial charge in [-0.2, -0.15) is 4.31 Å². The molecule has 0 aliphatic rings. The molecule has 0 bridgehead atoms. The predicted molar refractivity (Wildman–Crippen MR) is 84.5 cm³/mol. The van der Waals surface area contributed by atoms with E-state index in [-0.39, 0.29) is 9.92 Å². The van der Waals surface area contributed by atoms with Crippen LogP contribution < -0.4 is 0 Å². The van der Waals surface area contributed by atoms with Crippen LogP contribution in [0.2, 0.25) is 5.02 Å². The van der Waals surface area contributed by atoms with E-state index in [1.54, 1.807) is 6.92 Å². The average Bonchev–Trinajstić information content (AvgIpc) is 2.81. The Labute approximate surface area is 135 Å². The van der Waals surface area contributed by atoms with Crippen molar-refractivity contribution in [3.05, 3.63) is 44.3 Å². The summed E-state index contributed by atoms with van der Waals surface area (Å²) in [6.07, 6.45) is 2.75. The van der Waals surface area contributed by atoms with Gasteiger partial charge in [-0.15, -0.1) is 11.3 Å². The van der Waals surface area contributed by atoms with Gasteiger partial charge in [0.15, 0.2) is 0 Å². The molecule has 2 heterocycles. The first-order valence-corrected chi connectivity index (χ1v) is 9.21. The van der Waals surface area contributed by atoms with Crippen LogP contribution in [0.4, 0.5) is 0 Å². The summed E-state index contributed by atoms with van der Waals surface area (Å²) in [4.78, 5) is 4.85. The van der Waals surface area contributed by atoms with Crippen molar-refractivity contribution in [3.63, 3.8) is 0 Å². The number of hydrogen-bond acceptors (Lipinski definition) is 4. The third-order valence-corrected chi connectivity index (χ3v) is 6.66. The summed E-state index contributed by atoms with van der Waals surface area (Å²) < 4.78 is 27.5. The Kier molecular flexibility index (Phi) is 5.19. The molecule has 2 aromatic heterocycles. The minimum atomic E-state index is -3.64. The highest BCUT2D eigenvalue weighted by atomic mass is 79.9. The standard InChI is InChI=1S/C12H12BrClN2O2S2/c1-2-16(8-9-3-4-12(13)19-9)20(17,18)11-7-15-6-5-10(11)14/h3-7H,2,8H2,1H3. The fraction of sp³-hybridized carbons (Fsp3) is 0.250. The minimum Gasteiger partial charge on any atom is -0.263 e. The predicted octanol–water partition coefficient (Wildman–Crippen LogP) is 3.77. The summed E-state index contributed by atoms with van der Waals surface area (Å²) in [6.45, 7) is 2.48. The van der Waals surface area contributed by atoms with Crippen LogP contribution in [0.5, 0.6) is 0 Å². The highest BCUT2D eigenvalue weighted by molar-refractivity contribution is 9.11. The van der Waals surface area contributed by atoms with E-state index in [0.717, 1.165) is 8.66 Å². The second kappa shape index (κ2) is 6.53. The molecule has 0 spiro atoms. The van der Waals surface area contributed by atoms with Gasteiger partial charge in [0.1, 0.15) is 4.90 Å². The molecule has 0 aliphatic heterocycles. The van der Waals surface area contributed by atoms with Crippen LogP contribution in [0.25, 0.3) is 0 Å². The normalized spacial score (nSPS) is 12.0. The molecular formula is C12H12BrClN2O2S2. The summed E-state index contributed by atoms with van der Waals surface area (Å²) in [5.74, 6) is 0. The van der Waals surface area contributed by atoms with Gasteiger partial charge in [-0.25, -0.2) is 8.42 Å². The summed E-state index contributed by atoms with van der Waals surface area (Å²) in [6, 6.07) is 5.28. The zero-order valence-electron chi connectivity index (χ0n) is 10.6. The van der Waals surface area contributed by atoms with Gasteiger partial charge in [0.25, 0.3) is 0 Å². The molecule has 0 aromatic carbocycles. The molecule has 0 atom stereocenters. The van der Waals surface area contributed by atoms with Crippen molar-refractivity contribution in [1.82, 2.24) is 9.29 Å². The lowest BCUT2D eigenvalue weighted by atomic mass is 10.4. The number of nitrogens with zero attached hydrogens (tertiary/aromatic N) is 2.